The average molecular weight is 303 g/mol. The monoisotopic (exact) mass is 303 g/mol. The van der Waals surface area contributed by atoms with Gasteiger partial charge in [-0.05, 0) is 43.4 Å². The molecule has 0 aliphatic carbocycles. The van der Waals surface area contributed by atoms with E-state index in [2.05, 4.69) is 40.7 Å². The van der Waals surface area contributed by atoms with Gasteiger partial charge in [-0.25, -0.2) is 4.79 Å². The molecule has 2 aromatic rings. The number of H-pyrrole nitrogens is 1. The summed E-state index contributed by atoms with van der Waals surface area (Å²) in [6.45, 7) is 4.74. The van der Waals surface area contributed by atoms with Crippen LogP contribution >= 0.6 is 0 Å². The van der Waals surface area contributed by atoms with E-state index in [-0.39, 0.29) is 18.7 Å². The Morgan fingerprint density at radius 1 is 1.41 bits per heavy atom. The maximum absolute atomic E-state index is 11.8. The van der Waals surface area contributed by atoms with Crippen LogP contribution in [-0.4, -0.2) is 35.3 Å². The van der Waals surface area contributed by atoms with Crippen molar-refractivity contribution in [3.05, 3.63) is 35.5 Å². The number of carbonyl (C=O) groups is 1. The summed E-state index contributed by atoms with van der Waals surface area (Å²) in [5.74, 6) is 0. The summed E-state index contributed by atoms with van der Waals surface area (Å²) in [7, 11) is 0. The molecule has 22 heavy (non-hydrogen) atoms. The Hall–Kier alpha value is -2.01. The number of amides is 2. The molecule has 0 saturated heterocycles. The Morgan fingerprint density at radius 2 is 2.23 bits per heavy atom. The highest BCUT2D eigenvalue weighted by Gasteiger charge is 2.09. The Balaban J connectivity index is 1.83. The number of carbonyl (C=O) groups excluding carboxylic acids is 1. The highest BCUT2D eigenvalue weighted by atomic mass is 16.3. The van der Waals surface area contributed by atoms with E-state index in [0.717, 1.165) is 18.4 Å². The zero-order valence-electron chi connectivity index (χ0n) is 13.3. The van der Waals surface area contributed by atoms with Gasteiger partial charge in [0.1, 0.15) is 0 Å². The largest absolute Gasteiger partial charge is 0.396 e. The molecular formula is C17H25N3O2. The fourth-order valence-electron chi connectivity index (χ4n) is 2.59. The highest BCUT2D eigenvalue weighted by Crippen LogP contribution is 2.19. The number of rotatable bonds is 7. The SMILES string of the molecule is CCC(CCO)NC(=O)NCCc1c[nH]c2cc(C)ccc12. The second-order valence-electron chi connectivity index (χ2n) is 5.63. The van der Waals surface area contributed by atoms with Gasteiger partial charge in [-0.2, -0.15) is 0 Å². The molecule has 120 valence electrons. The number of hydrogen-bond donors (Lipinski definition) is 4. The molecular weight excluding hydrogens is 278 g/mol. The second-order valence-corrected chi connectivity index (χ2v) is 5.63. The summed E-state index contributed by atoms with van der Waals surface area (Å²) >= 11 is 0. The lowest BCUT2D eigenvalue weighted by Gasteiger charge is -2.16. The van der Waals surface area contributed by atoms with Crippen molar-refractivity contribution in [2.45, 2.75) is 39.2 Å². The van der Waals surface area contributed by atoms with Gasteiger partial charge in [0.2, 0.25) is 0 Å². The first-order valence-electron chi connectivity index (χ1n) is 7.86. The van der Waals surface area contributed by atoms with Crippen molar-refractivity contribution in [1.29, 1.82) is 0 Å². The zero-order valence-corrected chi connectivity index (χ0v) is 13.3. The topological polar surface area (TPSA) is 77.2 Å². The summed E-state index contributed by atoms with van der Waals surface area (Å²) in [4.78, 5) is 15.1. The number of aryl methyl sites for hydroxylation is 1. The Bertz CT molecular complexity index is 621. The molecule has 2 rings (SSSR count). The lowest BCUT2D eigenvalue weighted by molar-refractivity contribution is 0.228. The summed E-state index contributed by atoms with van der Waals surface area (Å²) in [6.07, 6.45) is 4.19. The van der Waals surface area contributed by atoms with E-state index in [1.165, 1.54) is 16.5 Å². The third kappa shape index (κ3) is 4.24. The zero-order chi connectivity index (χ0) is 15.9. The molecule has 0 fully saturated rings. The third-order valence-electron chi connectivity index (χ3n) is 3.91. The van der Waals surface area contributed by atoms with Crippen LogP contribution in [0.1, 0.15) is 30.9 Å². The van der Waals surface area contributed by atoms with Crippen molar-refractivity contribution >= 4 is 16.9 Å². The van der Waals surface area contributed by atoms with Gasteiger partial charge in [-0.1, -0.05) is 19.1 Å². The maximum atomic E-state index is 11.8. The molecule has 1 heterocycles. The molecule has 0 radical (unpaired) electrons. The standard InChI is InChI=1S/C17H25N3O2/c1-3-14(7-9-21)20-17(22)18-8-6-13-11-19-16-10-12(2)4-5-15(13)16/h4-5,10-11,14,19,21H,3,6-9H2,1-2H3,(H2,18,20,22). The second kappa shape index (κ2) is 7.84. The first-order valence-corrected chi connectivity index (χ1v) is 7.86. The van der Waals surface area contributed by atoms with Crippen molar-refractivity contribution in [3.8, 4) is 0 Å². The molecule has 0 bridgehead atoms. The van der Waals surface area contributed by atoms with Crippen molar-refractivity contribution < 1.29 is 9.90 Å². The lowest BCUT2D eigenvalue weighted by atomic mass is 10.1. The molecule has 5 nitrogen and oxygen atoms in total. The van der Waals surface area contributed by atoms with Crippen LogP contribution in [0.5, 0.6) is 0 Å². The van der Waals surface area contributed by atoms with Gasteiger partial charge in [0, 0.05) is 36.3 Å². The van der Waals surface area contributed by atoms with Crippen LogP contribution in [0, 0.1) is 6.92 Å². The minimum absolute atomic E-state index is 0.0288. The van der Waals surface area contributed by atoms with Gasteiger partial charge in [-0.3, -0.25) is 0 Å². The number of aromatic amines is 1. The molecule has 2 amide bonds. The quantitative estimate of drug-likeness (QED) is 0.634. The molecule has 1 aromatic heterocycles. The Kier molecular flexibility index (Phi) is 5.83. The molecule has 4 N–H and O–H groups in total. The van der Waals surface area contributed by atoms with Gasteiger partial charge in [-0.15, -0.1) is 0 Å². The van der Waals surface area contributed by atoms with E-state index in [1.54, 1.807) is 0 Å². The van der Waals surface area contributed by atoms with E-state index in [4.69, 9.17) is 5.11 Å². The summed E-state index contributed by atoms with van der Waals surface area (Å²) < 4.78 is 0. The fraction of sp³-hybridized carbons (Fsp3) is 0.471. The molecule has 5 heteroatoms. The van der Waals surface area contributed by atoms with E-state index >= 15 is 0 Å². The summed E-state index contributed by atoms with van der Waals surface area (Å²) in [5.41, 5.74) is 3.57. The first kappa shape index (κ1) is 16.4. The number of aromatic nitrogens is 1. The van der Waals surface area contributed by atoms with E-state index in [9.17, 15) is 4.79 Å². The van der Waals surface area contributed by atoms with Crippen LogP contribution in [-0.2, 0) is 6.42 Å². The molecule has 0 spiro atoms. The molecule has 0 aliphatic heterocycles. The number of aliphatic hydroxyl groups excluding tert-OH is 1. The lowest BCUT2D eigenvalue weighted by Crippen LogP contribution is -2.42. The van der Waals surface area contributed by atoms with E-state index in [1.807, 2.05) is 13.1 Å². The van der Waals surface area contributed by atoms with Gasteiger partial charge in [0.05, 0.1) is 0 Å². The molecule has 1 unspecified atom stereocenters. The smallest absolute Gasteiger partial charge is 0.315 e. The number of hydrogen-bond acceptors (Lipinski definition) is 2. The van der Waals surface area contributed by atoms with Crippen LogP contribution < -0.4 is 10.6 Å². The van der Waals surface area contributed by atoms with E-state index < -0.39 is 0 Å². The van der Waals surface area contributed by atoms with Crippen LogP contribution in [0.3, 0.4) is 0 Å². The fourth-order valence-corrected chi connectivity index (χ4v) is 2.59. The molecule has 1 aromatic carbocycles. The minimum atomic E-state index is -0.170. The van der Waals surface area contributed by atoms with Crippen LogP contribution in [0.4, 0.5) is 4.79 Å². The number of benzene rings is 1. The number of nitrogens with one attached hydrogen (secondary N) is 3. The van der Waals surface area contributed by atoms with E-state index in [0.29, 0.717) is 13.0 Å². The van der Waals surface area contributed by atoms with Crippen molar-refractivity contribution in [3.63, 3.8) is 0 Å². The predicted molar refractivity (Wildman–Crippen MR) is 89.1 cm³/mol. The highest BCUT2D eigenvalue weighted by molar-refractivity contribution is 5.83. The van der Waals surface area contributed by atoms with Gasteiger partial charge < -0.3 is 20.7 Å². The molecule has 0 saturated carbocycles. The minimum Gasteiger partial charge on any atom is -0.396 e. The average Bonchev–Trinajstić information content (AvgIpc) is 2.89. The van der Waals surface area contributed by atoms with Gasteiger partial charge in [0.15, 0.2) is 0 Å². The first-order chi connectivity index (χ1) is 10.6. The Morgan fingerprint density at radius 3 is 2.95 bits per heavy atom. The number of aliphatic hydroxyl groups is 1. The molecule has 1 atom stereocenters. The van der Waals surface area contributed by atoms with Crippen molar-refractivity contribution in [2.75, 3.05) is 13.2 Å². The summed E-state index contributed by atoms with van der Waals surface area (Å²) in [6, 6.07) is 6.20. The van der Waals surface area contributed by atoms with Crippen molar-refractivity contribution in [2.24, 2.45) is 0 Å². The van der Waals surface area contributed by atoms with Gasteiger partial charge in [0.25, 0.3) is 0 Å². The normalized spacial score (nSPS) is 12.3. The third-order valence-corrected chi connectivity index (χ3v) is 3.91. The van der Waals surface area contributed by atoms with Crippen LogP contribution in [0.25, 0.3) is 10.9 Å². The van der Waals surface area contributed by atoms with Crippen molar-refractivity contribution in [1.82, 2.24) is 15.6 Å². The summed E-state index contributed by atoms with van der Waals surface area (Å²) in [5, 5.41) is 15.9. The number of urea groups is 1. The van der Waals surface area contributed by atoms with Crippen LogP contribution in [0.2, 0.25) is 0 Å². The maximum Gasteiger partial charge on any atom is 0.315 e. The molecule has 0 aliphatic rings. The van der Waals surface area contributed by atoms with Gasteiger partial charge >= 0.3 is 6.03 Å². The Labute approximate surface area is 131 Å². The predicted octanol–water partition coefficient (Wildman–Crippen LogP) is 2.48. The van der Waals surface area contributed by atoms with Crippen LogP contribution in [0.15, 0.2) is 24.4 Å². The number of fused-ring (bicyclic) bond motifs is 1.